The third-order valence-electron chi connectivity index (χ3n) is 7.20. The zero-order chi connectivity index (χ0) is 22.9. The Morgan fingerprint density at radius 3 is 1.39 bits per heavy atom. The van der Waals surface area contributed by atoms with Crippen LogP contribution < -0.4 is 4.74 Å². The summed E-state index contributed by atoms with van der Waals surface area (Å²) in [6.07, 6.45) is 4.48. The Bertz CT molecular complexity index is 772. The molecule has 2 aromatic rings. The van der Waals surface area contributed by atoms with E-state index in [4.69, 9.17) is 4.74 Å². The molecule has 0 unspecified atom stereocenters. The number of para-hydroxylation sites is 2. The summed E-state index contributed by atoms with van der Waals surface area (Å²) < 4.78 is 6.51. The quantitative estimate of drug-likeness (QED) is 0.547. The van der Waals surface area contributed by atoms with Gasteiger partial charge in [-0.3, -0.25) is 0 Å². The highest BCUT2D eigenvalue weighted by atomic mass is 16.5. The van der Waals surface area contributed by atoms with Gasteiger partial charge in [0, 0.05) is 52.4 Å². The molecule has 2 saturated heterocycles. The van der Waals surface area contributed by atoms with Gasteiger partial charge in [-0.15, -0.1) is 0 Å². The molecular weight excluding hydrogens is 408 g/mol. The fraction of sp³-hybridized carbons (Fsp3) is 0.571. The van der Waals surface area contributed by atoms with Crippen molar-refractivity contribution in [3.63, 3.8) is 0 Å². The molecule has 0 spiro atoms. The predicted octanol–water partition coefficient (Wildman–Crippen LogP) is 3.84. The van der Waals surface area contributed by atoms with Crippen molar-refractivity contribution in [2.75, 3.05) is 79.5 Å². The molecule has 5 nitrogen and oxygen atoms in total. The fourth-order valence-corrected chi connectivity index (χ4v) is 4.87. The Labute approximate surface area is 200 Å². The average Bonchev–Trinajstić information content (AvgIpc) is 2.84. The van der Waals surface area contributed by atoms with Crippen LogP contribution >= 0.6 is 0 Å². The van der Waals surface area contributed by atoms with Gasteiger partial charge in [-0.1, -0.05) is 36.4 Å². The second-order valence-electron chi connectivity index (χ2n) is 9.81. The van der Waals surface area contributed by atoms with Gasteiger partial charge in [0.15, 0.2) is 0 Å². The molecule has 180 valence electrons. The molecule has 0 saturated carbocycles. The van der Waals surface area contributed by atoms with E-state index in [1.165, 1.54) is 89.4 Å². The highest BCUT2D eigenvalue weighted by molar-refractivity contribution is 5.41. The zero-order valence-corrected chi connectivity index (χ0v) is 20.7. The van der Waals surface area contributed by atoms with Crippen LogP contribution in [0.15, 0.2) is 48.5 Å². The summed E-state index contributed by atoms with van der Waals surface area (Å²) in [6, 6.07) is 17.2. The maximum Gasteiger partial charge on any atom is 0.130 e. The van der Waals surface area contributed by atoms with Crippen LogP contribution in [-0.2, 0) is 12.8 Å². The smallest absolute Gasteiger partial charge is 0.130 e. The molecule has 0 amide bonds. The van der Waals surface area contributed by atoms with Crippen molar-refractivity contribution in [1.82, 2.24) is 19.6 Å². The van der Waals surface area contributed by atoms with Crippen molar-refractivity contribution in [3.8, 4) is 11.5 Å². The largest absolute Gasteiger partial charge is 0.457 e. The Morgan fingerprint density at radius 2 is 0.970 bits per heavy atom. The van der Waals surface area contributed by atoms with Crippen LogP contribution in [0.5, 0.6) is 11.5 Å². The number of hydrogen-bond donors (Lipinski definition) is 0. The maximum absolute atomic E-state index is 6.51. The standard InChI is InChI=1S/C28H42N4O/c1-29-17-21-31(22-18-29)15-7-11-25-9-3-5-13-27(25)33-28-14-6-4-10-26(28)12-8-16-32-23-19-30(2)20-24-32/h3-6,9-10,13-14H,7-8,11-12,15-24H2,1-2H3. The minimum absolute atomic E-state index is 1.02. The first-order valence-electron chi connectivity index (χ1n) is 12.8. The summed E-state index contributed by atoms with van der Waals surface area (Å²) in [5.41, 5.74) is 2.64. The minimum Gasteiger partial charge on any atom is -0.457 e. The van der Waals surface area contributed by atoms with Crippen LogP contribution in [0.3, 0.4) is 0 Å². The Balaban J connectivity index is 1.29. The van der Waals surface area contributed by atoms with E-state index in [0.29, 0.717) is 0 Å². The monoisotopic (exact) mass is 450 g/mol. The number of hydrogen-bond acceptors (Lipinski definition) is 5. The second kappa shape index (κ2) is 12.5. The third-order valence-corrected chi connectivity index (χ3v) is 7.20. The van der Waals surface area contributed by atoms with Crippen LogP contribution in [0.4, 0.5) is 0 Å². The second-order valence-corrected chi connectivity index (χ2v) is 9.81. The van der Waals surface area contributed by atoms with E-state index in [1.807, 2.05) is 0 Å². The van der Waals surface area contributed by atoms with Crippen LogP contribution in [-0.4, -0.2) is 99.1 Å². The van der Waals surface area contributed by atoms with E-state index in [2.05, 4.69) is 82.2 Å². The Hall–Kier alpha value is -1.92. The molecule has 2 aliphatic rings. The lowest BCUT2D eigenvalue weighted by atomic mass is 10.1. The van der Waals surface area contributed by atoms with Gasteiger partial charge in [0.1, 0.15) is 11.5 Å². The maximum atomic E-state index is 6.51. The van der Waals surface area contributed by atoms with Gasteiger partial charge in [-0.05, 0) is 76.1 Å². The first-order chi connectivity index (χ1) is 16.2. The molecule has 0 aromatic heterocycles. The molecule has 2 heterocycles. The van der Waals surface area contributed by atoms with E-state index in [1.54, 1.807) is 0 Å². The van der Waals surface area contributed by atoms with E-state index in [0.717, 1.165) is 24.3 Å². The van der Waals surface area contributed by atoms with E-state index >= 15 is 0 Å². The molecular formula is C28H42N4O. The van der Waals surface area contributed by atoms with Crippen LogP contribution in [0.1, 0.15) is 24.0 Å². The highest BCUT2D eigenvalue weighted by Gasteiger charge is 2.15. The summed E-state index contributed by atoms with van der Waals surface area (Å²) in [5.74, 6) is 2.03. The molecule has 2 aromatic carbocycles. The molecule has 4 rings (SSSR count). The van der Waals surface area contributed by atoms with Crippen molar-refractivity contribution < 1.29 is 4.74 Å². The number of benzene rings is 2. The van der Waals surface area contributed by atoms with Gasteiger partial charge in [0.2, 0.25) is 0 Å². The first kappa shape index (κ1) is 24.2. The van der Waals surface area contributed by atoms with Crippen molar-refractivity contribution in [2.45, 2.75) is 25.7 Å². The summed E-state index contributed by atoms with van der Waals surface area (Å²) in [4.78, 5) is 10.0. The van der Waals surface area contributed by atoms with E-state index in [-0.39, 0.29) is 0 Å². The lowest BCUT2D eigenvalue weighted by molar-refractivity contribution is 0.153. The number of likely N-dealkylation sites (N-methyl/N-ethyl adjacent to an activating group) is 2. The topological polar surface area (TPSA) is 22.2 Å². The SMILES string of the molecule is CN1CCN(CCCc2ccccc2Oc2ccccc2CCCN2CCN(C)CC2)CC1. The fourth-order valence-electron chi connectivity index (χ4n) is 4.87. The van der Waals surface area contributed by atoms with Crippen LogP contribution in [0.25, 0.3) is 0 Å². The molecule has 5 heteroatoms. The molecule has 0 aliphatic carbocycles. The molecule has 2 aliphatic heterocycles. The summed E-state index contributed by atoms with van der Waals surface area (Å²) in [6.45, 7) is 11.8. The molecule has 0 bridgehead atoms. The number of aryl methyl sites for hydroxylation is 2. The summed E-state index contributed by atoms with van der Waals surface area (Å²) in [5, 5.41) is 0. The normalized spacial score (nSPS) is 19.1. The summed E-state index contributed by atoms with van der Waals surface area (Å²) in [7, 11) is 4.43. The van der Waals surface area contributed by atoms with Gasteiger partial charge >= 0.3 is 0 Å². The molecule has 0 N–H and O–H groups in total. The van der Waals surface area contributed by atoms with Gasteiger partial charge < -0.3 is 24.3 Å². The van der Waals surface area contributed by atoms with Gasteiger partial charge in [-0.2, -0.15) is 0 Å². The molecule has 2 fully saturated rings. The third kappa shape index (κ3) is 7.54. The first-order valence-corrected chi connectivity index (χ1v) is 12.8. The summed E-state index contributed by atoms with van der Waals surface area (Å²) >= 11 is 0. The van der Waals surface area contributed by atoms with E-state index < -0.39 is 0 Å². The van der Waals surface area contributed by atoms with Crippen LogP contribution in [0, 0.1) is 0 Å². The predicted molar refractivity (Wildman–Crippen MR) is 137 cm³/mol. The van der Waals surface area contributed by atoms with Crippen molar-refractivity contribution >= 4 is 0 Å². The molecule has 0 atom stereocenters. The van der Waals surface area contributed by atoms with Gasteiger partial charge in [-0.25, -0.2) is 0 Å². The van der Waals surface area contributed by atoms with E-state index in [9.17, 15) is 0 Å². The Kier molecular flexibility index (Phi) is 9.18. The minimum atomic E-state index is 1.02. The number of rotatable bonds is 10. The molecule has 33 heavy (non-hydrogen) atoms. The molecule has 0 radical (unpaired) electrons. The highest BCUT2D eigenvalue weighted by Crippen LogP contribution is 2.29. The lowest BCUT2D eigenvalue weighted by Gasteiger charge is -2.32. The number of piperazine rings is 2. The van der Waals surface area contributed by atoms with Gasteiger partial charge in [0.25, 0.3) is 0 Å². The average molecular weight is 451 g/mol. The van der Waals surface area contributed by atoms with Crippen LogP contribution in [0.2, 0.25) is 0 Å². The zero-order valence-electron chi connectivity index (χ0n) is 20.7. The Morgan fingerprint density at radius 1 is 0.576 bits per heavy atom. The van der Waals surface area contributed by atoms with Crippen molar-refractivity contribution in [2.24, 2.45) is 0 Å². The van der Waals surface area contributed by atoms with Crippen molar-refractivity contribution in [1.29, 1.82) is 0 Å². The van der Waals surface area contributed by atoms with Gasteiger partial charge in [0.05, 0.1) is 0 Å². The lowest BCUT2D eigenvalue weighted by Crippen LogP contribution is -2.44. The number of nitrogens with zero attached hydrogens (tertiary/aromatic N) is 4. The van der Waals surface area contributed by atoms with Crippen molar-refractivity contribution in [3.05, 3.63) is 59.7 Å². The number of ether oxygens (including phenoxy) is 1.